The highest BCUT2D eigenvalue weighted by molar-refractivity contribution is 5.79. The molecular weight excluding hydrogens is 560 g/mol. The molecule has 248 valence electrons. The van der Waals surface area contributed by atoms with Gasteiger partial charge in [-0.3, -0.25) is 29.2 Å². The lowest BCUT2D eigenvalue weighted by Gasteiger charge is -2.22. The van der Waals surface area contributed by atoms with Crippen molar-refractivity contribution in [2.24, 2.45) is 9.98 Å². The van der Waals surface area contributed by atoms with Crippen LogP contribution in [0, 0.1) is 0 Å². The van der Waals surface area contributed by atoms with Gasteiger partial charge in [0.1, 0.15) is 0 Å². The van der Waals surface area contributed by atoms with Crippen LogP contribution in [0.2, 0.25) is 0 Å². The van der Waals surface area contributed by atoms with Gasteiger partial charge >= 0.3 is 5.97 Å². The highest BCUT2D eigenvalue weighted by Gasteiger charge is 2.06. The molecule has 0 aliphatic heterocycles. The highest BCUT2D eigenvalue weighted by Crippen LogP contribution is 1.95. The number of aliphatic imine (C=N–C) groups is 2. The van der Waals surface area contributed by atoms with Gasteiger partial charge in [-0.15, -0.1) is 0 Å². The molecule has 4 N–H and O–H groups in total. The third kappa shape index (κ3) is 25.9. The first-order chi connectivity index (χ1) is 20.5. The molecule has 0 aromatic heterocycles. The summed E-state index contributed by atoms with van der Waals surface area (Å²) in [6.45, 7) is 4.66. The number of likely N-dealkylation sites (N-methyl/N-ethyl adjacent to an activating group) is 1. The third-order valence-electron chi connectivity index (χ3n) is 5.67. The average Bonchev–Trinajstić information content (AvgIpc) is 2.93. The van der Waals surface area contributed by atoms with Crippen LogP contribution in [0.1, 0.15) is 44.9 Å². The number of rotatable bonds is 25. The van der Waals surface area contributed by atoms with Crippen molar-refractivity contribution in [1.82, 2.24) is 30.7 Å². The second-order valence-electron chi connectivity index (χ2n) is 10.2. The van der Waals surface area contributed by atoms with Gasteiger partial charge in [-0.2, -0.15) is 0 Å². The maximum atomic E-state index is 11.9. The van der Waals surface area contributed by atoms with Gasteiger partial charge in [0.2, 0.25) is 17.7 Å². The number of ether oxygens (including phenoxy) is 2. The number of carbonyl (C=O) groups is 4. The van der Waals surface area contributed by atoms with Gasteiger partial charge in [0.25, 0.3) is 0 Å². The largest absolute Gasteiger partial charge is 0.481 e. The summed E-state index contributed by atoms with van der Waals surface area (Å²) in [5.41, 5.74) is 0. The fraction of sp³-hybridized carbons (Fsp3) is 0.786. The van der Waals surface area contributed by atoms with E-state index in [9.17, 15) is 19.2 Å². The third-order valence-corrected chi connectivity index (χ3v) is 5.67. The lowest BCUT2D eigenvalue weighted by molar-refractivity contribution is -0.137. The Balaban J connectivity index is 3.64. The van der Waals surface area contributed by atoms with E-state index in [1.807, 2.05) is 49.9 Å². The Morgan fingerprint density at radius 1 is 0.674 bits per heavy atom. The summed E-state index contributed by atoms with van der Waals surface area (Å²) in [7, 11) is 9.69. The fourth-order valence-corrected chi connectivity index (χ4v) is 3.49. The second-order valence-corrected chi connectivity index (χ2v) is 10.2. The van der Waals surface area contributed by atoms with Crippen LogP contribution >= 0.6 is 0 Å². The first kappa shape index (κ1) is 39.5. The summed E-state index contributed by atoms with van der Waals surface area (Å²) < 4.78 is 10.9. The van der Waals surface area contributed by atoms with E-state index >= 15 is 0 Å². The number of hydrogen-bond donors (Lipinski definition) is 4. The first-order valence-electron chi connectivity index (χ1n) is 14.8. The minimum atomic E-state index is -0.920. The lowest BCUT2D eigenvalue weighted by atomic mass is 10.2. The molecule has 15 heteroatoms. The quantitative estimate of drug-likeness (QED) is 0.0602. The van der Waals surface area contributed by atoms with Gasteiger partial charge in [-0.25, -0.2) is 0 Å². The Labute approximate surface area is 256 Å². The summed E-state index contributed by atoms with van der Waals surface area (Å²) in [6, 6.07) is 0. The number of carboxylic acids is 1. The highest BCUT2D eigenvalue weighted by atomic mass is 16.5. The molecule has 0 unspecified atom stereocenters. The van der Waals surface area contributed by atoms with Crippen LogP contribution < -0.4 is 16.0 Å². The number of hydrogen-bond acceptors (Lipinski definition) is 8. The van der Waals surface area contributed by atoms with Crippen LogP contribution in [0.3, 0.4) is 0 Å². The van der Waals surface area contributed by atoms with E-state index in [0.717, 1.165) is 12.4 Å². The van der Waals surface area contributed by atoms with E-state index in [1.54, 1.807) is 6.34 Å². The molecule has 0 atom stereocenters. The van der Waals surface area contributed by atoms with E-state index in [2.05, 4.69) is 25.9 Å². The molecule has 0 saturated heterocycles. The molecule has 0 bridgehead atoms. The molecule has 3 amide bonds. The Bertz CT molecular complexity index is 843. The zero-order valence-electron chi connectivity index (χ0n) is 26.7. The number of guanidine groups is 1. The van der Waals surface area contributed by atoms with Crippen LogP contribution in [-0.4, -0.2) is 157 Å². The second kappa shape index (κ2) is 26.2. The van der Waals surface area contributed by atoms with Crippen molar-refractivity contribution in [3.63, 3.8) is 0 Å². The van der Waals surface area contributed by atoms with Crippen molar-refractivity contribution in [2.75, 3.05) is 101 Å². The number of carbonyl (C=O) groups excluding carboxylic acids is 3. The summed E-state index contributed by atoms with van der Waals surface area (Å²) in [6.07, 6.45) is 4.19. The number of nitrogens with zero attached hydrogens (tertiary/aromatic N) is 5. The van der Waals surface area contributed by atoms with Gasteiger partial charge in [0.05, 0.1) is 32.8 Å². The Morgan fingerprint density at radius 2 is 1.21 bits per heavy atom. The summed E-state index contributed by atoms with van der Waals surface area (Å²) in [4.78, 5) is 60.4. The Kier molecular flexibility index (Phi) is 24.1. The predicted molar refractivity (Wildman–Crippen MR) is 166 cm³/mol. The van der Waals surface area contributed by atoms with E-state index in [0.29, 0.717) is 71.7 Å². The molecular formula is C28H54N8O7. The van der Waals surface area contributed by atoms with Crippen molar-refractivity contribution in [2.45, 2.75) is 44.9 Å². The van der Waals surface area contributed by atoms with Crippen molar-refractivity contribution < 1.29 is 33.8 Å². The lowest BCUT2D eigenvalue weighted by Crippen LogP contribution is -2.35. The van der Waals surface area contributed by atoms with Crippen molar-refractivity contribution in [1.29, 1.82) is 0 Å². The topological polar surface area (TPSA) is 178 Å². The molecule has 0 spiro atoms. The van der Waals surface area contributed by atoms with Crippen LogP contribution in [0.15, 0.2) is 9.98 Å². The molecule has 0 radical (unpaired) electrons. The van der Waals surface area contributed by atoms with Gasteiger partial charge in [0, 0.05) is 100 Å². The van der Waals surface area contributed by atoms with Crippen LogP contribution in [0.25, 0.3) is 0 Å². The summed E-state index contributed by atoms with van der Waals surface area (Å²) in [5, 5.41) is 16.9. The van der Waals surface area contributed by atoms with E-state index in [4.69, 9.17) is 14.6 Å². The van der Waals surface area contributed by atoms with Crippen LogP contribution in [0.5, 0.6) is 0 Å². The minimum Gasteiger partial charge on any atom is -0.481 e. The van der Waals surface area contributed by atoms with Gasteiger partial charge in [-0.1, -0.05) is 0 Å². The monoisotopic (exact) mass is 614 g/mol. The number of amides is 3. The molecule has 43 heavy (non-hydrogen) atoms. The van der Waals surface area contributed by atoms with Crippen molar-refractivity contribution in [3.05, 3.63) is 0 Å². The zero-order valence-corrected chi connectivity index (χ0v) is 26.7. The maximum absolute atomic E-state index is 11.9. The zero-order chi connectivity index (χ0) is 32.3. The van der Waals surface area contributed by atoms with Gasteiger partial charge in [0.15, 0.2) is 5.96 Å². The molecule has 0 heterocycles. The summed E-state index contributed by atoms with van der Waals surface area (Å²) >= 11 is 0. The molecule has 0 fully saturated rings. The van der Waals surface area contributed by atoms with Gasteiger partial charge < -0.3 is 45.2 Å². The van der Waals surface area contributed by atoms with Crippen LogP contribution in [-0.2, 0) is 28.7 Å². The molecule has 0 rings (SSSR count). The van der Waals surface area contributed by atoms with E-state index in [-0.39, 0.29) is 50.2 Å². The predicted octanol–water partition coefficient (Wildman–Crippen LogP) is -0.377. The van der Waals surface area contributed by atoms with Gasteiger partial charge in [-0.05, 0) is 19.3 Å². The molecule has 15 nitrogen and oxygen atoms in total. The average molecular weight is 615 g/mol. The van der Waals surface area contributed by atoms with E-state index in [1.165, 1.54) is 0 Å². The molecule has 0 aliphatic rings. The normalized spacial score (nSPS) is 10.7. The molecule has 0 aromatic rings. The smallest absolute Gasteiger partial charge is 0.303 e. The minimum absolute atomic E-state index is 0.0317. The first-order valence-corrected chi connectivity index (χ1v) is 14.8. The molecule has 0 aliphatic carbocycles. The number of carboxylic acid groups (broad SMARTS) is 1. The van der Waals surface area contributed by atoms with Crippen LogP contribution in [0.4, 0.5) is 0 Å². The Morgan fingerprint density at radius 3 is 1.79 bits per heavy atom. The fourth-order valence-electron chi connectivity index (χ4n) is 3.49. The van der Waals surface area contributed by atoms with Crippen molar-refractivity contribution >= 4 is 36.0 Å². The summed E-state index contributed by atoms with van der Waals surface area (Å²) in [5.74, 6) is -0.389. The molecule has 0 aromatic carbocycles. The van der Waals surface area contributed by atoms with Crippen molar-refractivity contribution in [3.8, 4) is 0 Å². The van der Waals surface area contributed by atoms with E-state index < -0.39 is 5.97 Å². The molecule has 0 saturated carbocycles. The number of nitrogens with one attached hydrogen (secondary N) is 3. The standard InChI is InChI=1S/C28H54N8O7/c1-34(2)28(35(3)4)33-16-8-15-31-26(39)12-20-43-22-18-36(5)23-29-13-7-14-30-25(38)11-19-42-21-17-32-24(37)9-6-10-27(40)41/h23H,6-22H2,1-5H3,(H,30,38)(H,31,39)(H,32,37)(H,40,41). The number of aliphatic carboxylic acids is 1. The maximum Gasteiger partial charge on any atom is 0.303 e. The SMILES string of the molecule is CN(C=NCCCNC(=O)CCOCCNC(=O)CCCC(=O)O)CCOCCC(=O)NCCCN=C(N(C)C)N(C)C. The Hall–Kier alpha value is -3.46.